The molecule has 5 nitrogen and oxygen atoms in total. The third-order valence-corrected chi connectivity index (χ3v) is 6.15. The van der Waals surface area contributed by atoms with E-state index in [4.69, 9.17) is 5.73 Å². The lowest BCUT2D eigenvalue weighted by Crippen LogP contribution is -2.37. The molecule has 114 valence electrons. The summed E-state index contributed by atoms with van der Waals surface area (Å²) in [5.74, 6) is 0.900. The second-order valence-corrected chi connectivity index (χ2v) is 7.59. The number of hydrogen-bond donors (Lipinski definition) is 1. The van der Waals surface area contributed by atoms with E-state index in [9.17, 15) is 10.1 Å². The molecule has 1 amide bonds. The average molecular weight is 324 g/mol. The average Bonchev–Trinajstić information content (AvgIpc) is 2.83. The van der Waals surface area contributed by atoms with Crippen LogP contribution in [0.4, 0.5) is 10.7 Å². The number of nitrogens with zero attached hydrogens (tertiary/aromatic N) is 3. The highest BCUT2D eigenvalue weighted by Crippen LogP contribution is 2.40. The number of thiophene rings is 1. The molecule has 0 aliphatic carbocycles. The summed E-state index contributed by atoms with van der Waals surface area (Å²) in [5.41, 5.74) is 6.81. The summed E-state index contributed by atoms with van der Waals surface area (Å²) >= 11 is 3.32. The Morgan fingerprint density at radius 3 is 2.86 bits per heavy atom. The Bertz CT molecular complexity index is 576. The highest BCUT2D eigenvalue weighted by atomic mass is 32.2. The molecule has 2 rings (SSSR count). The molecule has 2 N–H and O–H groups in total. The van der Waals surface area contributed by atoms with Crippen LogP contribution in [-0.2, 0) is 0 Å². The monoisotopic (exact) mass is 324 g/mol. The second-order valence-electron chi connectivity index (χ2n) is 5.18. The lowest BCUT2D eigenvalue weighted by molar-refractivity contribution is 0.0833. The van der Waals surface area contributed by atoms with Gasteiger partial charge in [0.2, 0.25) is 0 Å². The van der Waals surface area contributed by atoms with Crippen LogP contribution in [0.5, 0.6) is 0 Å². The first-order valence-electron chi connectivity index (χ1n) is 6.90. The van der Waals surface area contributed by atoms with Crippen LogP contribution in [0.15, 0.2) is 0 Å². The number of carbonyl (C=O) groups excluding carboxylic acids is 1. The van der Waals surface area contributed by atoms with E-state index in [0.29, 0.717) is 21.4 Å². The van der Waals surface area contributed by atoms with Crippen molar-refractivity contribution < 1.29 is 4.79 Å². The SMILES string of the molecule is CCC1CN(c2sc(C(=O)N(C)C)c(N)c2C#N)CCS1. The Morgan fingerprint density at radius 2 is 2.29 bits per heavy atom. The van der Waals surface area contributed by atoms with Crippen LogP contribution in [0.3, 0.4) is 0 Å². The Kier molecular flexibility index (Phi) is 5.01. The van der Waals surface area contributed by atoms with Crippen molar-refractivity contribution >= 4 is 39.7 Å². The maximum Gasteiger partial charge on any atom is 0.265 e. The van der Waals surface area contributed by atoms with Gasteiger partial charge in [-0.05, 0) is 6.42 Å². The van der Waals surface area contributed by atoms with E-state index in [0.717, 1.165) is 30.3 Å². The largest absolute Gasteiger partial charge is 0.396 e. The van der Waals surface area contributed by atoms with E-state index >= 15 is 0 Å². The number of amides is 1. The third-order valence-electron chi connectivity index (χ3n) is 3.52. The molecule has 1 saturated heterocycles. The van der Waals surface area contributed by atoms with E-state index in [1.54, 1.807) is 14.1 Å². The van der Waals surface area contributed by atoms with Gasteiger partial charge in [-0.25, -0.2) is 0 Å². The van der Waals surface area contributed by atoms with Gasteiger partial charge in [-0.15, -0.1) is 11.3 Å². The Labute approximate surface area is 133 Å². The zero-order valence-electron chi connectivity index (χ0n) is 12.5. The van der Waals surface area contributed by atoms with Gasteiger partial charge in [0, 0.05) is 38.2 Å². The van der Waals surface area contributed by atoms with Crippen molar-refractivity contribution in [1.82, 2.24) is 4.90 Å². The first-order valence-corrected chi connectivity index (χ1v) is 8.76. The Morgan fingerprint density at radius 1 is 1.57 bits per heavy atom. The molecule has 1 aliphatic heterocycles. The lowest BCUT2D eigenvalue weighted by Gasteiger charge is -2.32. The van der Waals surface area contributed by atoms with Crippen molar-refractivity contribution in [1.29, 1.82) is 5.26 Å². The number of nitriles is 1. The van der Waals surface area contributed by atoms with Gasteiger partial charge in [0.15, 0.2) is 0 Å². The minimum Gasteiger partial charge on any atom is -0.396 e. The minimum atomic E-state index is -0.140. The maximum absolute atomic E-state index is 12.2. The molecule has 1 unspecified atom stereocenters. The zero-order valence-corrected chi connectivity index (χ0v) is 14.2. The molecule has 1 fully saturated rings. The lowest BCUT2D eigenvalue weighted by atomic mass is 10.2. The van der Waals surface area contributed by atoms with Crippen LogP contribution >= 0.6 is 23.1 Å². The molecule has 0 spiro atoms. The molecule has 0 aromatic carbocycles. The highest BCUT2D eigenvalue weighted by molar-refractivity contribution is 8.00. The predicted molar refractivity (Wildman–Crippen MR) is 90.2 cm³/mol. The topological polar surface area (TPSA) is 73.4 Å². The molecular weight excluding hydrogens is 304 g/mol. The number of nitrogen functional groups attached to an aromatic ring is 1. The normalized spacial score (nSPS) is 18.4. The van der Waals surface area contributed by atoms with Crippen molar-refractivity contribution in [2.24, 2.45) is 0 Å². The highest BCUT2D eigenvalue weighted by Gasteiger charge is 2.28. The summed E-state index contributed by atoms with van der Waals surface area (Å²) in [7, 11) is 3.38. The second kappa shape index (κ2) is 6.58. The van der Waals surface area contributed by atoms with Gasteiger partial charge in [-0.2, -0.15) is 17.0 Å². The van der Waals surface area contributed by atoms with Crippen molar-refractivity contribution in [3.05, 3.63) is 10.4 Å². The summed E-state index contributed by atoms with van der Waals surface area (Å²) < 4.78 is 0. The van der Waals surface area contributed by atoms with Gasteiger partial charge in [0.25, 0.3) is 5.91 Å². The fourth-order valence-electron chi connectivity index (χ4n) is 2.27. The van der Waals surface area contributed by atoms with E-state index in [-0.39, 0.29) is 5.91 Å². The number of thioether (sulfide) groups is 1. The first kappa shape index (κ1) is 16.0. The number of anilines is 2. The molecule has 0 radical (unpaired) electrons. The molecule has 0 bridgehead atoms. The van der Waals surface area contributed by atoms with E-state index < -0.39 is 0 Å². The fourth-order valence-corrected chi connectivity index (χ4v) is 4.68. The van der Waals surface area contributed by atoms with Crippen LogP contribution in [0, 0.1) is 11.3 Å². The van der Waals surface area contributed by atoms with Gasteiger partial charge >= 0.3 is 0 Å². The van der Waals surface area contributed by atoms with Crippen LogP contribution in [-0.4, -0.2) is 49.0 Å². The van der Waals surface area contributed by atoms with Crippen molar-refractivity contribution in [3.63, 3.8) is 0 Å². The van der Waals surface area contributed by atoms with Gasteiger partial charge < -0.3 is 15.5 Å². The summed E-state index contributed by atoms with van der Waals surface area (Å²) in [6.07, 6.45) is 1.10. The molecule has 1 aromatic rings. The van der Waals surface area contributed by atoms with Crippen LogP contribution in [0.2, 0.25) is 0 Å². The van der Waals surface area contributed by atoms with Crippen molar-refractivity contribution in [2.45, 2.75) is 18.6 Å². The van der Waals surface area contributed by atoms with Gasteiger partial charge in [0.05, 0.1) is 5.69 Å². The van der Waals surface area contributed by atoms with Crippen molar-refractivity contribution in [3.8, 4) is 6.07 Å². The standard InChI is InChI=1S/C14H20N4OS2/c1-4-9-8-18(5-6-20-9)14-10(7-15)11(16)12(21-14)13(19)17(2)3/h9H,4-6,8,16H2,1-3H3. The summed E-state index contributed by atoms with van der Waals surface area (Å²) in [5, 5.41) is 10.8. The van der Waals surface area contributed by atoms with Gasteiger partial charge in [-0.3, -0.25) is 4.79 Å². The quantitative estimate of drug-likeness (QED) is 0.923. The van der Waals surface area contributed by atoms with Gasteiger partial charge in [0.1, 0.15) is 21.5 Å². The summed E-state index contributed by atoms with van der Waals surface area (Å²) in [4.78, 5) is 16.3. The number of rotatable bonds is 3. The molecule has 1 aliphatic rings. The Balaban J connectivity index is 2.38. The molecule has 0 saturated carbocycles. The molecule has 7 heteroatoms. The maximum atomic E-state index is 12.2. The van der Waals surface area contributed by atoms with Crippen LogP contribution in [0.25, 0.3) is 0 Å². The first-order chi connectivity index (χ1) is 9.99. The molecule has 1 aromatic heterocycles. The molecule has 21 heavy (non-hydrogen) atoms. The van der Waals surface area contributed by atoms with E-state index in [1.165, 1.54) is 16.2 Å². The molecular formula is C14H20N4OS2. The summed E-state index contributed by atoms with van der Waals surface area (Å²) in [6.45, 7) is 3.98. The number of hydrogen-bond acceptors (Lipinski definition) is 6. The molecule has 2 heterocycles. The Hall–Kier alpha value is -1.39. The van der Waals surface area contributed by atoms with E-state index in [1.807, 2.05) is 11.8 Å². The third kappa shape index (κ3) is 3.11. The fraction of sp³-hybridized carbons (Fsp3) is 0.571. The van der Waals surface area contributed by atoms with E-state index in [2.05, 4.69) is 17.9 Å². The molecule has 1 atom stereocenters. The predicted octanol–water partition coefficient (Wildman–Crippen LogP) is 2.24. The smallest absolute Gasteiger partial charge is 0.265 e. The van der Waals surface area contributed by atoms with Crippen LogP contribution < -0.4 is 10.6 Å². The number of nitrogens with two attached hydrogens (primary N) is 1. The minimum absolute atomic E-state index is 0.140. The number of carbonyl (C=O) groups is 1. The zero-order chi connectivity index (χ0) is 15.6. The summed E-state index contributed by atoms with van der Waals surface area (Å²) in [6, 6.07) is 2.17. The van der Waals surface area contributed by atoms with Crippen molar-refractivity contribution in [2.75, 3.05) is 43.6 Å². The van der Waals surface area contributed by atoms with Gasteiger partial charge in [-0.1, -0.05) is 6.92 Å². The van der Waals surface area contributed by atoms with Crippen LogP contribution in [0.1, 0.15) is 28.6 Å².